The molecule has 0 saturated carbocycles. The number of carbonyl (C=O) groups excluding carboxylic acids is 1. The van der Waals surface area contributed by atoms with Gasteiger partial charge in [0, 0.05) is 11.6 Å². The lowest BCUT2D eigenvalue weighted by atomic mass is 10.3. The lowest BCUT2D eigenvalue weighted by Crippen LogP contribution is -2.27. The molecule has 0 aliphatic rings. The molecule has 3 aromatic heterocycles. The number of amides is 1. The van der Waals surface area contributed by atoms with Crippen LogP contribution in [-0.2, 0) is 6.42 Å². The fourth-order valence-corrected chi connectivity index (χ4v) is 2.97. The predicted octanol–water partition coefficient (Wildman–Crippen LogP) is 3.03. The minimum atomic E-state index is -0.418. The number of rotatable bonds is 6. The topological polar surface area (TPSA) is 93.8 Å². The van der Waals surface area contributed by atoms with E-state index in [0.717, 1.165) is 17.8 Å². The molecular weight excluding hydrogens is 326 g/mol. The molecule has 124 valence electrons. The second-order valence-corrected chi connectivity index (χ2v) is 6.19. The van der Waals surface area contributed by atoms with Gasteiger partial charge in [-0.1, -0.05) is 18.1 Å². The molecule has 3 rings (SSSR count). The van der Waals surface area contributed by atoms with Gasteiger partial charge in [0.1, 0.15) is 17.4 Å². The lowest BCUT2D eigenvalue weighted by molar-refractivity contribution is 0.0928. The summed E-state index contributed by atoms with van der Waals surface area (Å²) in [5, 5.41) is 9.45. The Morgan fingerprint density at radius 1 is 1.38 bits per heavy atom. The summed E-state index contributed by atoms with van der Waals surface area (Å²) >= 11 is 1.50. The number of aryl methyl sites for hydroxylation is 1. The Hall–Kier alpha value is -2.61. The molecule has 24 heavy (non-hydrogen) atoms. The summed E-state index contributed by atoms with van der Waals surface area (Å²) in [6, 6.07) is 5.04. The first-order chi connectivity index (χ1) is 11.7. The molecule has 7 nitrogen and oxygen atoms in total. The maximum atomic E-state index is 12.3. The average molecular weight is 343 g/mol. The first-order valence-corrected chi connectivity index (χ1v) is 8.55. The van der Waals surface area contributed by atoms with E-state index < -0.39 is 6.04 Å². The fourth-order valence-electron chi connectivity index (χ4n) is 2.09. The van der Waals surface area contributed by atoms with Crippen molar-refractivity contribution in [2.45, 2.75) is 32.7 Å². The molecule has 0 bridgehead atoms. The van der Waals surface area contributed by atoms with Crippen LogP contribution in [-0.4, -0.2) is 26.0 Å². The number of nitrogens with zero attached hydrogens (tertiary/aromatic N) is 4. The van der Waals surface area contributed by atoms with Crippen molar-refractivity contribution >= 4 is 17.2 Å². The van der Waals surface area contributed by atoms with Gasteiger partial charge in [0.25, 0.3) is 5.91 Å². The Labute approximate surface area is 143 Å². The van der Waals surface area contributed by atoms with Crippen LogP contribution in [0, 0.1) is 0 Å². The van der Waals surface area contributed by atoms with E-state index in [1.807, 2.05) is 12.1 Å². The second-order valence-electron chi connectivity index (χ2n) is 5.24. The monoisotopic (exact) mass is 343 g/mol. The van der Waals surface area contributed by atoms with Gasteiger partial charge in [0.2, 0.25) is 11.7 Å². The number of hydrogen-bond acceptors (Lipinski definition) is 7. The van der Waals surface area contributed by atoms with Gasteiger partial charge < -0.3 is 9.84 Å². The highest BCUT2D eigenvalue weighted by Crippen LogP contribution is 2.17. The van der Waals surface area contributed by atoms with Crippen LogP contribution in [0.1, 0.15) is 47.7 Å². The molecule has 0 saturated heterocycles. The molecule has 8 heteroatoms. The van der Waals surface area contributed by atoms with E-state index in [4.69, 9.17) is 4.52 Å². The zero-order valence-corrected chi connectivity index (χ0v) is 14.2. The van der Waals surface area contributed by atoms with Gasteiger partial charge in [0.05, 0.1) is 5.01 Å². The summed E-state index contributed by atoms with van der Waals surface area (Å²) in [5.74, 6) is 0.470. The van der Waals surface area contributed by atoms with Crippen LogP contribution in [0.3, 0.4) is 0 Å². The summed E-state index contributed by atoms with van der Waals surface area (Å²) in [6.45, 7) is 3.87. The van der Waals surface area contributed by atoms with E-state index in [1.165, 1.54) is 11.3 Å². The maximum absolute atomic E-state index is 12.3. The number of hydrogen-bond donors (Lipinski definition) is 1. The van der Waals surface area contributed by atoms with Crippen molar-refractivity contribution in [1.82, 2.24) is 25.4 Å². The van der Waals surface area contributed by atoms with E-state index in [0.29, 0.717) is 23.1 Å². The largest absolute Gasteiger partial charge is 0.339 e. The van der Waals surface area contributed by atoms with Crippen molar-refractivity contribution in [2.75, 3.05) is 0 Å². The van der Waals surface area contributed by atoms with Crippen LogP contribution in [0.15, 0.2) is 34.3 Å². The molecule has 0 spiro atoms. The van der Waals surface area contributed by atoms with E-state index in [2.05, 4.69) is 32.3 Å². The SMILES string of the molecule is CCCc1nc(C(=O)N[C@H](C)c2nc(-c3ccccn3)no2)cs1. The molecule has 0 aliphatic heterocycles. The van der Waals surface area contributed by atoms with Gasteiger partial charge in [-0.25, -0.2) is 4.98 Å². The molecule has 3 aromatic rings. The molecule has 1 N–H and O–H groups in total. The third-order valence-corrected chi connectivity index (χ3v) is 4.21. The maximum Gasteiger partial charge on any atom is 0.271 e. The highest BCUT2D eigenvalue weighted by Gasteiger charge is 2.19. The summed E-state index contributed by atoms with van der Waals surface area (Å²) in [7, 11) is 0. The Kier molecular flexibility index (Phi) is 4.95. The van der Waals surface area contributed by atoms with Crippen molar-refractivity contribution in [3.05, 3.63) is 46.4 Å². The van der Waals surface area contributed by atoms with Crippen molar-refractivity contribution < 1.29 is 9.32 Å². The van der Waals surface area contributed by atoms with Crippen molar-refractivity contribution in [3.63, 3.8) is 0 Å². The van der Waals surface area contributed by atoms with Gasteiger partial charge >= 0.3 is 0 Å². The molecule has 0 radical (unpaired) electrons. The second kappa shape index (κ2) is 7.31. The normalized spacial score (nSPS) is 12.1. The smallest absolute Gasteiger partial charge is 0.271 e. The van der Waals surface area contributed by atoms with Crippen LogP contribution in [0.2, 0.25) is 0 Å². The Balaban J connectivity index is 1.67. The van der Waals surface area contributed by atoms with E-state index in [-0.39, 0.29) is 5.91 Å². The Morgan fingerprint density at radius 2 is 2.25 bits per heavy atom. The van der Waals surface area contributed by atoms with E-state index in [9.17, 15) is 4.79 Å². The Morgan fingerprint density at radius 3 is 3.00 bits per heavy atom. The minimum Gasteiger partial charge on any atom is -0.339 e. The zero-order valence-electron chi connectivity index (χ0n) is 13.4. The fraction of sp³-hybridized carbons (Fsp3) is 0.312. The van der Waals surface area contributed by atoms with Crippen LogP contribution in [0.5, 0.6) is 0 Å². The van der Waals surface area contributed by atoms with Crippen molar-refractivity contribution in [2.24, 2.45) is 0 Å². The molecule has 0 aromatic carbocycles. The molecule has 0 unspecified atom stereocenters. The van der Waals surface area contributed by atoms with Crippen LogP contribution in [0.25, 0.3) is 11.5 Å². The Bertz CT molecular complexity index is 815. The predicted molar refractivity (Wildman–Crippen MR) is 89.5 cm³/mol. The van der Waals surface area contributed by atoms with Gasteiger partial charge in [0.15, 0.2) is 0 Å². The van der Waals surface area contributed by atoms with E-state index in [1.54, 1.807) is 24.6 Å². The van der Waals surface area contributed by atoms with E-state index >= 15 is 0 Å². The molecule has 0 aliphatic carbocycles. The standard InChI is InChI=1S/C16H17N5O2S/c1-3-6-13-19-12(9-24-13)15(22)18-10(2)16-20-14(21-23-16)11-7-4-5-8-17-11/h4-5,7-10H,3,6H2,1-2H3,(H,18,22)/t10-/m1/s1. The molecule has 0 fully saturated rings. The van der Waals surface area contributed by atoms with Gasteiger partial charge in [-0.3, -0.25) is 9.78 Å². The van der Waals surface area contributed by atoms with Gasteiger partial charge in [-0.2, -0.15) is 4.98 Å². The molecule has 1 amide bonds. The van der Waals surface area contributed by atoms with Crippen molar-refractivity contribution in [1.29, 1.82) is 0 Å². The number of pyridine rings is 1. The van der Waals surface area contributed by atoms with Crippen LogP contribution < -0.4 is 5.32 Å². The summed E-state index contributed by atoms with van der Waals surface area (Å²) in [4.78, 5) is 25.0. The lowest BCUT2D eigenvalue weighted by Gasteiger charge is -2.07. The first-order valence-electron chi connectivity index (χ1n) is 7.67. The molecule has 1 atom stereocenters. The van der Waals surface area contributed by atoms with Crippen LogP contribution in [0.4, 0.5) is 0 Å². The summed E-state index contributed by atoms with van der Waals surface area (Å²) in [5.41, 5.74) is 1.04. The highest BCUT2D eigenvalue weighted by atomic mass is 32.1. The number of carbonyl (C=O) groups is 1. The molecular formula is C16H17N5O2S. The third-order valence-electron chi connectivity index (χ3n) is 3.30. The average Bonchev–Trinajstić information content (AvgIpc) is 3.25. The summed E-state index contributed by atoms with van der Waals surface area (Å²) < 4.78 is 5.23. The first kappa shape index (κ1) is 16.3. The highest BCUT2D eigenvalue weighted by molar-refractivity contribution is 7.09. The number of aromatic nitrogens is 4. The number of thiazole rings is 1. The van der Waals surface area contributed by atoms with Crippen LogP contribution >= 0.6 is 11.3 Å². The number of nitrogens with one attached hydrogen (secondary N) is 1. The zero-order chi connectivity index (χ0) is 16.9. The van der Waals surface area contributed by atoms with Gasteiger partial charge in [-0.05, 0) is 31.9 Å². The van der Waals surface area contributed by atoms with Crippen molar-refractivity contribution in [3.8, 4) is 11.5 Å². The summed E-state index contributed by atoms with van der Waals surface area (Å²) in [6.07, 6.45) is 3.54. The van der Waals surface area contributed by atoms with Gasteiger partial charge in [-0.15, -0.1) is 11.3 Å². The quantitative estimate of drug-likeness (QED) is 0.739. The minimum absolute atomic E-state index is 0.251. The third kappa shape index (κ3) is 3.65. The molecule has 3 heterocycles.